The minimum Gasteiger partial charge on any atom is -0.309 e. The van der Waals surface area contributed by atoms with Gasteiger partial charge in [-0.05, 0) is 0 Å². The lowest BCUT2D eigenvalue weighted by molar-refractivity contribution is 0.580. The van der Waals surface area contributed by atoms with E-state index < -0.39 is 0 Å². The van der Waals surface area contributed by atoms with Crippen LogP contribution in [0.25, 0.3) is 0 Å². The van der Waals surface area contributed by atoms with Gasteiger partial charge in [-0.25, -0.2) is 4.98 Å². The van der Waals surface area contributed by atoms with E-state index in [0.717, 1.165) is 5.69 Å². The van der Waals surface area contributed by atoms with Crippen LogP contribution in [0.15, 0.2) is 12.4 Å². The number of nitrogens with one attached hydrogen (secondary N) is 1. The van der Waals surface area contributed by atoms with Crippen LogP contribution in [0.3, 0.4) is 0 Å². The Kier molecular flexibility index (Phi) is 5.95. The Balaban J connectivity index is 0.00000144. The highest BCUT2D eigenvalue weighted by atomic mass is 35.5. The molecule has 0 saturated heterocycles. The summed E-state index contributed by atoms with van der Waals surface area (Å²) in [6.45, 7) is 4.82. The highest BCUT2D eigenvalue weighted by Gasteiger charge is 2.01. The predicted octanol–water partition coefficient (Wildman–Crippen LogP) is 2.05. The number of aromatic nitrogens is 2. The Labute approximate surface area is 89.3 Å². The van der Waals surface area contributed by atoms with Crippen molar-refractivity contribution in [2.24, 2.45) is 0 Å². The topological polar surface area (TPSA) is 37.8 Å². The van der Waals surface area contributed by atoms with Gasteiger partial charge in [0, 0.05) is 25.0 Å². The summed E-state index contributed by atoms with van der Waals surface area (Å²) in [6.07, 6.45) is 3.23. The first kappa shape index (κ1) is 12.6. The maximum absolute atomic E-state index is 5.79. The molecule has 1 aromatic heterocycles. The molecule has 0 unspecified atom stereocenters. The summed E-state index contributed by atoms with van der Waals surface area (Å²) in [7, 11) is 0. The molecule has 1 N–H and O–H groups in total. The van der Waals surface area contributed by atoms with Crippen LogP contribution in [0, 0.1) is 0 Å². The molecule has 0 bridgehead atoms. The van der Waals surface area contributed by atoms with Crippen LogP contribution in [-0.4, -0.2) is 16.0 Å². The van der Waals surface area contributed by atoms with Gasteiger partial charge in [-0.3, -0.25) is 4.98 Å². The van der Waals surface area contributed by atoms with E-state index in [2.05, 4.69) is 29.1 Å². The lowest BCUT2D eigenvalue weighted by atomic mass is 10.3. The number of nitrogens with zero attached hydrogens (tertiary/aromatic N) is 2. The molecule has 1 heterocycles. The summed E-state index contributed by atoms with van der Waals surface area (Å²) in [5.74, 6) is 0. The fourth-order valence-electron chi connectivity index (χ4n) is 0.769. The minimum absolute atomic E-state index is 0. The largest absolute Gasteiger partial charge is 0.309 e. The van der Waals surface area contributed by atoms with E-state index >= 15 is 0 Å². The number of hydrogen-bond acceptors (Lipinski definition) is 3. The highest BCUT2D eigenvalue weighted by Crippen LogP contribution is 2.07. The van der Waals surface area contributed by atoms with Gasteiger partial charge in [0.15, 0.2) is 5.15 Å². The number of hydrogen-bond donors (Lipinski definition) is 1. The lowest BCUT2D eigenvalue weighted by Crippen LogP contribution is -2.22. The first-order chi connectivity index (χ1) is 5.70. The maximum atomic E-state index is 5.79. The van der Waals surface area contributed by atoms with Crippen LogP contribution >= 0.6 is 24.0 Å². The SMILES string of the molecule is CC(C)NCc1nccnc1Cl.Cl. The van der Waals surface area contributed by atoms with Gasteiger partial charge in [0.1, 0.15) is 0 Å². The molecule has 0 aliphatic carbocycles. The summed E-state index contributed by atoms with van der Waals surface area (Å²) in [6, 6.07) is 0.433. The zero-order valence-corrected chi connectivity index (χ0v) is 9.19. The lowest BCUT2D eigenvalue weighted by Gasteiger charge is -2.07. The van der Waals surface area contributed by atoms with E-state index in [-0.39, 0.29) is 12.4 Å². The summed E-state index contributed by atoms with van der Waals surface area (Å²) < 4.78 is 0. The van der Waals surface area contributed by atoms with Crippen LogP contribution < -0.4 is 5.32 Å². The molecule has 0 aliphatic heterocycles. The Hall–Kier alpha value is -0.380. The summed E-state index contributed by atoms with van der Waals surface area (Å²) in [5.41, 5.74) is 0.799. The molecule has 1 aromatic rings. The van der Waals surface area contributed by atoms with Crippen LogP contribution in [0.5, 0.6) is 0 Å². The molecular weight excluding hydrogens is 209 g/mol. The van der Waals surface area contributed by atoms with E-state index in [1.165, 1.54) is 0 Å². The normalized spacial score (nSPS) is 9.85. The summed E-state index contributed by atoms with van der Waals surface area (Å²) in [5, 5.41) is 3.69. The second-order valence-corrected chi connectivity index (χ2v) is 3.19. The van der Waals surface area contributed by atoms with Gasteiger partial charge in [0.2, 0.25) is 0 Å². The molecule has 0 aromatic carbocycles. The van der Waals surface area contributed by atoms with E-state index in [0.29, 0.717) is 17.7 Å². The van der Waals surface area contributed by atoms with Gasteiger partial charge >= 0.3 is 0 Å². The minimum atomic E-state index is 0. The molecule has 0 saturated carbocycles. The highest BCUT2D eigenvalue weighted by molar-refractivity contribution is 6.29. The molecular formula is C8H13Cl2N3. The van der Waals surface area contributed by atoms with Gasteiger partial charge in [-0.2, -0.15) is 0 Å². The zero-order chi connectivity index (χ0) is 8.97. The van der Waals surface area contributed by atoms with Gasteiger partial charge in [0.05, 0.1) is 5.69 Å². The van der Waals surface area contributed by atoms with Crippen LogP contribution in [0.4, 0.5) is 0 Å². The molecule has 0 amide bonds. The molecule has 0 spiro atoms. The first-order valence-electron chi connectivity index (χ1n) is 3.89. The van der Waals surface area contributed by atoms with E-state index in [9.17, 15) is 0 Å². The van der Waals surface area contributed by atoms with E-state index in [1.54, 1.807) is 12.4 Å². The molecule has 5 heteroatoms. The van der Waals surface area contributed by atoms with Gasteiger partial charge in [0.25, 0.3) is 0 Å². The Morgan fingerprint density at radius 1 is 1.38 bits per heavy atom. The van der Waals surface area contributed by atoms with Crippen molar-refractivity contribution in [2.45, 2.75) is 26.4 Å². The summed E-state index contributed by atoms with van der Waals surface area (Å²) in [4.78, 5) is 8.01. The average molecular weight is 222 g/mol. The second-order valence-electron chi connectivity index (χ2n) is 2.83. The van der Waals surface area contributed by atoms with Crippen molar-refractivity contribution in [1.29, 1.82) is 0 Å². The standard InChI is InChI=1S/C8H12ClN3.ClH/c1-6(2)12-5-7-8(9)11-4-3-10-7;/h3-4,6,12H,5H2,1-2H3;1H. The van der Waals surface area contributed by atoms with Gasteiger partial charge in [-0.1, -0.05) is 25.4 Å². The molecule has 0 atom stereocenters. The monoisotopic (exact) mass is 221 g/mol. The van der Waals surface area contributed by atoms with E-state index in [4.69, 9.17) is 11.6 Å². The molecule has 0 radical (unpaired) electrons. The average Bonchev–Trinajstić information content (AvgIpc) is 2.03. The van der Waals surface area contributed by atoms with Crippen molar-refractivity contribution in [3.63, 3.8) is 0 Å². The fourth-order valence-corrected chi connectivity index (χ4v) is 0.941. The van der Waals surface area contributed by atoms with E-state index in [1.807, 2.05) is 0 Å². The number of rotatable bonds is 3. The first-order valence-corrected chi connectivity index (χ1v) is 4.26. The zero-order valence-electron chi connectivity index (χ0n) is 7.62. The Morgan fingerprint density at radius 3 is 2.54 bits per heavy atom. The van der Waals surface area contributed by atoms with Gasteiger partial charge in [-0.15, -0.1) is 12.4 Å². The van der Waals surface area contributed by atoms with Crippen molar-refractivity contribution in [3.8, 4) is 0 Å². The van der Waals surface area contributed by atoms with Crippen molar-refractivity contribution in [2.75, 3.05) is 0 Å². The Morgan fingerprint density at radius 2 is 2.00 bits per heavy atom. The van der Waals surface area contributed by atoms with Gasteiger partial charge < -0.3 is 5.32 Å². The molecule has 13 heavy (non-hydrogen) atoms. The predicted molar refractivity (Wildman–Crippen MR) is 56.3 cm³/mol. The third kappa shape index (κ3) is 4.41. The molecule has 1 rings (SSSR count). The smallest absolute Gasteiger partial charge is 0.151 e. The van der Waals surface area contributed by atoms with Crippen molar-refractivity contribution >= 4 is 24.0 Å². The number of halogens is 2. The van der Waals surface area contributed by atoms with Crippen molar-refractivity contribution in [3.05, 3.63) is 23.2 Å². The second kappa shape index (κ2) is 6.13. The van der Waals surface area contributed by atoms with Crippen LogP contribution in [0.2, 0.25) is 5.15 Å². The molecule has 0 aliphatic rings. The van der Waals surface area contributed by atoms with Crippen molar-refractivity contribution in [1.82, 2.24) is 15.3 Å². The third-order valence-electron chi connectivity index (χ3n) is 1.40. The molecule has 0 fully saturated rings. The van der Waals surface area contributed by atoms with Crippen LogP contribution in [-0.2, 0) is 6.54 Å². The summed E-state index contributed by atoms with van der Waals surface area (Å²) >= 11 is 5.79. The quantitative estimate of drug-likeness (QED) is 0.850. The maximum Gasteiger partial charge on any atom is 0.151 e. The molecule has 3 nitrogen and oxygen atoms in total. The van der Waals surface area contributed by atoms with Crippen molar-refractivity contribution < 1.29 is 0 Å². The molecule has 74 valence electrons. The fraction of sp³-hybridized carbons (Fsp3) is 0.500. The Bertz CT molecular complexity index is 253. The van der Waals surface area contributed by atoms with Crippen LogP contribution in [0.1, 0.15) is 19.5 Å². The third-order valence-corrected chi connectivity index (χ3v) is 1.72.